The maximum absolute atomic E-state index is 13.0. The zero-order valence-corrected chi connectivity index (χ0v) is 17.0. The van der Waals surface area contributed by atoms with Gasteiger partial charge in [-0.1, -0.05) is 44.0 Å². The summed E-state index contributed by atoms with van der Waals surface area (Å²) in [7, 11) is 0. The van der Waals surface area contributed by atoms with Crippen molar-refractivity contribution in [2.75, 3.05) is 5.32 Å². The third kappa shape index (κ3) is 4.13. The zero-order valence-electron chi connectivity index (χ0n) is 15.5. The van der Waals surface area contributed by atoms with Crippen LogP contribution < -0.4 is 10.7 Å². The van der Waals surface area contributed by atoms with Gasteiger partial charge in [-0.2, -0.15) is 0 Å². The number of hydrogen-bond donors (Lipinski definition) is 1. The van der Waals surface area contributed by atoms with E-state index < -0.39 is 11.3 Å². The first kappa shape index (κ1) is 20.5. The van der Waals surface area contributed by atoms with E-state index >= 15 is 0 Å². The second-order valence-corrected chi connectivity index (χ2v) is 6.92. The number of hydrogen-bond acceptors (Lipinski definition) is 3. The van der Waals surface area contributed by atoms with Crippen LogP contribution in [0.15, 0.2) is 21.3 Å². The van der Waals surface area contributed by atoms with Gasteiger partial charge in [0.25, 0.3) is 5.91 Å². The van der Waals surface area contributed by atoms with Crippen LogP contribution in [0.2, 0.25) is 10.0 Å². The molecule has 1 aromatic heterocycles. The van der Waals surface area contributed by atoms with E-state index in [-0.39, 0.29) is 10.6 Å². The summed E-state index contributed by atoms with van der Waals surface area (Å²) in [6, 6.07) is 3.65. The van der Waals surface area contributed by atoms with E-state index in [1.165, 1.54) is 0 Å². The zero-order chi connectivity index (χ0) is 19.4. The number of aryl methyl sites for hydroxylation is 4. The van der Waals surface area contributed by atoms with E-state index in [1.54, 1.807) is 6.92 Å². The maximum Gasteiger partial charge on any atom is 0.263 e. The van der Waals surface area contributed by atoms with Gasteiger partial charge in [-0.25, -0.2) is 0 Å². The van der Waals surface area contributed by atoms with E-state index in [0.29, 0.717) is 41.5 Å². The molecule has 0 saturated heterocycles. The molecule has 1 N–H and O–H groups in total. The monoisotopic (exact) mass is 395 g/mol. The molecule has 0 aliphatic heterocycles. The minimum absolute atomic E-state index is 0.0264. The summed E-state index contributed by atoms with van der Waals surface area (Å²) in [5.74, 6) is 0.185. The summed E-state index contributed by atoms with van der Waals surface area (Å²) < 4.78 is 5.64. The highest BCUT2D eigenvalue weighted by atomic mass is 35.5. The lowest BCUT2D eigenvalue weighted by molar-refractivity contribution is 0.102. The molecular formula is C20H23Cl2NO3. The minimum atomic E-state index is -0.504. The highest BCUT2D eigenvalue weighted by molar-refractivity contribution is 6.31. The van der Waals surface area contributed by atoms with E-state index in [4.69, 9.17) is 27.6 Å². The van der Waals surface area contributed by atoms with Gasteiger partial charge in [0.2, 0.25) is 5.43 Å². The molecule has 0 unspecified atom stereocenters. The first-order valence-corrected chi connectivity index (χ1v) is 9.54. The molecule has 0 radical (unpaired) electrons. The summed E-state index contributed by atoms with van der Waals surface area (Å²) in [5.41, 5.74) is 2.01. The van der Waals surface area contributed by atoms with Crippen LogP contribution in [0.25, 0.3) is 0 Å². The van der Waals surface area contributed by atoms with E-state index in [1.807, 2.05) is 32.9 Å². The van der Waals surface area contributed by atoms with Crippen LogP contribution in [0.1, 0.15) is 60.2 Å². The highest BCUT2D eigenvalue weighted by Gasteiger charge is 2.23. The lowest BCUT2D eigenvalue weighted by Crippen LogP contribution is -2.25. The number of halogens is 2. The Hall–Kier alpha value is -1.78. The first-order chi connectivity index (χ1) is 12.3. The molecular weight excluding hydrogens is 373 g/mol. The molecule has 0 fully saturated rings. The van der Waals surface area contributed by atoms with E-state index in [0.717, 1.165) is 17.5 Å². The molecule has 140 valence electrons. The van der Waals surface area contributed by atoms with Gasteiger partial charge in [0, 0.05) is 17.1 Å². The van der Waals surface area contributed by atoms with Gasteiger partial charge < -0.3 is 9.73 Å². The molecule has 1 heterocycles. The summed E-state index contributed by atoms with van der Waals surface area (Å²) >= 11 is 12.2. The Morgan fingerprint density at radius 2 is 1.69 bits per heavy atom. The maximum atomic E-state index is 13.0. The van der Waals surface area contributed by atoms with Crippen LogP contribution in [0.3, 0.4) is 0 Å². The van der Waals surface area contributed by atoms with Gasteiger partial charge in [0.1, 0.15) is 22.1 Å². The van der Waals surface area contributed by atoms with Crippen molar-refractivity contribution < 1.29 is 9.21 Å². The fraction of sp³-hybridized carbons (Fsp3) is 0.400. The SMILES string of the molecule is CCCc1oc(C)c(Cl)c(=O)c1C(=O)Nc1c(CC)cc(Cl)cc1CC. The minimum Gasteiger partial charge on any atom is -0.464 e. The van der Waals surface area contributed by atoms with Crippen molar-refractivity contribution in [3.05, 3.63) is 60.6 Å². The van der Waals surface area contributed by atoms with Crippen LogP contribution in [0.5, 0.6) is 0 Å². The molecule has 0 spiro atoms. The molecule has 0 aliphatic carbocycles. The number of anilines is 1. The predicted molar refractivity (Wildman–Crippen MR) is 107 cm³/mol. The van der Waals surface area contributed by atoms with Crippen molar-refractivity contribution in [3.8, 4) is 0 Å². The van der Waals surface area contributed by atoms with Crippen molar-refractivity contribution in [2.45, 2.75) is 53.4 Å². The molecule has 4 nitrogen and oxygen atoms in total. The molecule has 0 saturated carbocycles. The Bertz CT molecular complexity index is 862. The molecule has 26 heavy (non-hydrogen) atoms. The van der Waals surface area contributed by atoms with Crippen molar-refractivity contribution in [2.24, 2.45) is 0 Å². The second kappa shape index (κ2) is 8.74. The van der Waals surface area contributed by atoms with Gasteiger partial charge in [-0.15, -0.1) is 0 Å². The standard InChI is InChI=1S/C20H23Cl2NO3/c1-5-8-15-16(19(24)17(22)11(4)26-15)20(25)23-18-12(6-2)9-14(21)10-13(18)7-3/h9-10H,5-8H2,1-4H3,(H,23,25). The molecule has 0 bridgehead atoms. The number of carbonyl (C=O) groups is 1. The Labute approximate surface area is 163 Å². The lowest BCUT2D eigenvalue weighted by atomic mass is 10.0. The van der Waals surface area contributed by atoms with Gasteiger partial charge >= 0.3 is 0 Å². The molecule has 2 rings (SSSR count). The van der Waals surface area contributed by atoms with E-state index in [9.17, 15) is 9.59 Å². The van der Waals surface area contributed by atoms with Gasteiger partial charge in [0.15, 0.2) is 0 Å². The molecule has 6 heteroatoms. The molecule has 0 aliphatic rings. The third-order valence-corrected chi connectivity index (χ3v) is 4.92. The van der Waals surface area contributed by atoms with Gasteiger partial charge in [0.05, 0.1) is 0 Å². The second-order valence-electron chi connectivity index (χ2n) is 6.11. The van der Waals surface area contributed by atoms with E-state index in [2.05, 4.69) is 5.32 Å². The van der Waals surface area contributed by atoms with Crippen LogP contribution in [0.4, 0.5) is 5.69 Å². The van der Waals surface area contributed by atoms with Gasteiger partial charge in [-0.3, -0.25) is 9.59 Å². The summed E-state index contributed by atoms with van der Waals surface area (Å²) in [4.78, 5) is 25.6. The van der Waals surface area contributed by atoms with Crippen molar-refractivity contribution in [3.63, 3.8) is 0 Å². The van der Waals surface area contributed by atoms with Crippen molar-refractivity contribution >= 4 is 34.8 Å². The van der Waals surface area contributed by atoms with Gasteiger partial charge in [-0.05, 0) is 49.4 Å². The summed E-state index contributed by atoms with van der Waals surface area (Å²) in [6.45, 7) is 7.55. The van der Waals surface area contributed by atoms with Crippen molar-refractivity contribution in [1.82, 2.24) is 0 Å². The number of nitrogens with one attached hydrogen (secondary N) is 1. The largest absolute Gasteiger partial charge is 0.464 e. The Morgan fingerprint density at radius 1 is 1.12 bits per heavy atom. The smallest absolute Gasteiger partial charge is 0.263 e. The number of carbonyl (C=O) groups excluding carboxylic acids is 1. The average molecular weight is 396 g/mol. The molecule has 2 aromatic rings. The number of benzene rings is 1. The third-order valence-electron chi connectivity index (χ3n) is 4.26. The highest BCUT2D eigenvalue weighted by Crippen LogP contribution is 2.28. The average Bonchev–Trinajstić information content (AvgIpc) is 2.61. The Kier molecular flexibility index (Phi) is 6.90. The van der Waals surface area contributed by atoms with Crippen LogP contribution >= 0.6 is 23.2 Å². The van der Waals surface area contributed by atoms with Crippen LogP contribution in [-0.4, -0.2) is 5.91 Å². The molecule has 0 atom stereocenters. The Balaban J connectivity index is 2.56. The lowest BCUT2D eigenvalue weighted by Gasteiger charge is -2.16. The molecule has 1 amide bonds. The normalized spacial score (nSPS) is 10.8. The quantitative estimate of drug-likeness (QED) is 0.693. The molecule has 1 aromatic carbocycles. The van der Waals surface area contributed by atoms with Crippen LogP contribution in [-0.2, 0) is 19.3 Å². The van der Waals surface area contributed by atoms with Crippen LogP contribution in [0, 0.1) is 6.92 Å². The number of rotatable bonds is 6. The predicted octanol–water partition coefficient (Wildman–Crippen LogP) is 5.58. The first-order valence-electron chi connectivity index (χ1n) is 8.78. The fourth-order valence-electron chi connectivity index (χ4n) is 2.93. The van der Waals surface area contributed by atoms with Crippen molar-refractivity contribution in [1.29, 1.82) is 0 Å². The number of amides is 1. The summed E-state index contributed by atoms with van der Waals surface area (Å²) in [5, 5.41) is 3.46. The topological polar surface area (TPSA) is 59.3 Å². The summed E-state index contributed by atoms with van der Waals surface area (Å²) in [6.07, 6.45) is 2.63. The Morgan fingerprint density at radius 3 is 2.19 bits per heavy atom. The fourth-order valence-corrected chi connectivity index (χ4v) is 3.33.